The lowest BCUT2D eigenvalue weighted by Crippen LogP contribution is -2.20. The van der Waals surface area contributed by atoms with Gasteiger partial charge in [-0.3, -0.25) is 4.79 Å². The number of esters is 2. The Labute approximate surface area is 145 Å². The largest absolute Gasteiger partial charge is 0.465 e. The van der Waals surface area contributed by atoms with Gasteiger partial charge >= 0.3 is 11.9 Å². The van der Waals surface area contributed by atoms with E-state index in [9.17, 15) is 14.4 Å². The number of nitrogens with zero attached hydrogens (tertiary/aromatic N) is 1. The zero-order valence-corrected chi connectivity index (χ0v) is 15.1. The van der Waals surface area contributed by atoms with Gasteiger partial charge in [0.25, 0.3) is 0 Å². The number of hydrogen-bond donors (Lipinski definition) is 1. The number of nitrogens with one attached hydrogen (secondary N) is 1. The lowest BCUT2D eigenvalue weighted by atomic mass is 10.1. The van der Waals surface area contributed by atoms with Crippen LogP contribution in [0.2, 0.25) is 0 Å². The smallest absolute Gasteiger partial charge is 0.339 e. The number of benzene rings is 1. The van der Waals surface area contributed by atoms with Crippen molar-refractivity contribution in [3.8, 4) is 0 Å². The van der Waals surface area contributed by atoms with Gasteiger partial charge in [0.1, 0.15) is 0 Å². The minimum absolute atomic E-state index is 0.178. The molecule has 0 aliphatic heterocycles. The van der Waals surface area contributed by atoms with Crippen molar-refractivity contribution in [2.75, 3.05) is 51.7 Å². The summed E-state index contributed by atoms with van der Waals surface area (Å²) in [7, 11) is 6.43. The minimum Gasteiger partial charge on any atom is -0.465 e. The summed E-state index contributed by atoms with van der Waals surface area (Å²) in [5, 5.41) is 2.65. The van der Waals surface area contributed by atoms with Crippen LogP contribution in [0.15, 0.2) is 18.2 Å². The lowest BCUT2D eigenvalue weighted by molar-refractivity contribution is -0.113. The van der Waals surface area contributed by atoms with Crippen molar-refractivity contribution < 1.29 is 23.9 Å². The van der Waals surface area contributed by atoms with Crippen molar-refractivity contribution in [3.05, 3.63) is 29.3 Å². The number of carbonyl (C=O) groups excluding carboxylic acids is 3. The summed E-state index contributed by atoms with van der Waals surface area (Å²) in [5.41, 5.74) is 0.639. The highest BCUT2D eigenvalue weighted by atomic mass is 32.2. The van der Waals surface area contributed by atoms with Crippen LogP contribution in [0.1, 0.15) is 20.7 Å². The van der Waals surface area contributed by atoms with Gasteiger partial charge in [0, 0.05) is 12.3 Å². The second-order valence-electron chi connectivity index (χ2n) is 5.15. The van der Waals surface area contributed by atoms with Crippen molar-refractivity contribution in [3.63, 3.8) is 0 Å². The van der Waals surface area contributed by atoms with Crippen LogP contribution in [0.4, 0.5) is 5.69 Å². The molecule has 0 bridgehead atoms. The maximum absolute atomic E-state index is 12.1. The van der Waals surface area contributed by atoms with Gasteiger partial charge in [-0.25, -0.2) is 9.59 Å². The Morgan fingerprint density at radius 2 is 1.79 bits per heavy atom. The summed E-state index contributed by atoms with van der Waals surface area (Å²) < 4.78 is 9.34. The number of hydrogen-bond acceptors (Lipinski definition) is 7. The zero-order valence-electron chi connectivity index (χ0n) is 14.3. The van der Waals surface area contributed by atoms with E-state index in [1.165, 1.54) is 44.2 Å². The molecule has 1 aromatic rings. The standard InChI is InChI=1S/C16H22N2O5S/c1-18(2)7-8-24-10-14(19)17-13-9-11(15(20)22-3)5-6-12(13)16(21)23-4/h5-6,9H,7-8,10H2,1-4H3,(H,17,19). The maximum atomic E-state index is 12.1. The second-order valence-corrected chi connectivity index (χ2v) is 6.25. The summed E-state index contributed by atoms with van der Waals surface area (Å²) in [6.07, 6.45) is 0. The number of rotatable bonds is 8. The van der Waals surface area contributed by atoms with Crippen LogP contribution in [-0.4, -0.2) is 69.1 Å². The van der Waals surface area contributed by atoms with E-state index in [0.717, 1.165) is 12.3 Å². The summed E-state index contributed by atoms with van der Waals surface area (Å²) in [6.45, 7) is 0.864. The van der Waals surface area contributed by atoms with Gasteiger partial charge in [0.2, 0.25) is 5.91 Å². The predicted octanol–water partition coefficient (Wildman–Crippen LogP) is 1.49. The van der Waals surface area contributed by atoms with E-state index in [1.54, 1.807) is 0 Å². The number of anilines is 1. The summed E-state index contributed by atoms with van der Waals surface area (Å²) >= 11 is 1.48. The number of thioether (sulfide) groups is 1. The predicted molar refractivity (Wildman–Crippen MR) is 93.6 cm³/mol. The van der Waals surface area contributed by atoms with Crippen LogP contribution >= 0.6 is 11.8 Å². The van der Waals surface area contributed by atoms with E-state index in [1.807, 2.05) is 19.0 Å². The van der Waals surface area contributed by atoms with Gasteiger partial charge in [-0.2, -0.15) is 11.8 Å². The molecule has 1 N–H and O–H groups in total. The Hall–Kier alpha value is -2.06. The van der Waals surface area contributed by atoms with Gasteiger partial charge < -0.3 is 19.7 Å². The van der Waals surface area contributed by atoms with Crippen LogP contribution in [-0.2, 0) is 14.3 Å². The molecule has 0 aliphatic carbocycles. The molecule has 132 valence electrons. The Morgan fingerprint density at radius 1 is 1.12 bits per heavy atom. The van der Waals surface area contributed by atoms with Gasteiger partial charge in [0.15, 0.2) is 0 Å². The van der Waals surface area contributed by atoms with Crippen molar-refractivity contribution >= 4 is 35.3 Å². The summed E-state index contributed by atoms with van der Waals surface area (Å²) in [6, 6.07) is 4.27. The second kappa shape index (κ2) is 9.94. The average Bonchev–Trinajstić information content (AvgIpc) is 2.57. The fourth-order valence-corrected chi connectivity index (χ4v) is 2.67. The van der Waals surface area contributed by atoms with E-state index in [4.69, 9.17) is 4.74 Å². The van der Waals surface area contributed by atoms with Crippen molar-refractivity contribution in [2.45, 2.75) is 0 Å². The van der Waals surface area contributed by atoms with Crippen LogP contribution in [0.25, 0.3) is 0 Å². The van der Waals surface area contributed by atoms with E-state index >= 15 is 0 Å². The normalized spacial score (nSPS) is 10.4. The summed E-state index contributed by atoms with van der Waals surface area (Å²) in [5.74, 6) is -0.348. The Balaban J connectivity index is 2.84. The van der Waals surface area contributed by atoms with Crippen LogP contribution in [0.3, 0.4) is 0 Å². The van der Waals surface area contributed by atoms with Crippen LogP contribution < -0.4 is 5.32 Å². The third-order valence-electron chi connectivity index (χ3n) is 3.04. The molecule has 7 nitrogen and oxygen atoms in total. The monoisotopic (exact) mass is 354 g/mol. The molecule has 0 atom stereocenters. The summed E-state index contributed by atoms with van der Waals surface area (Å²) in [4.78, 5) is 37.5. The van der Waals surface area contributed by atoms with E-state index < -0.39 is 11.9 Å². The fourth-order valence-electron chi connectivity index (χ4n) is 1.78. The van der Waals surface area contributed by atoms with Gasteiger partial charge in [-0.05, 0) is 32.3 Å². The first-order valence-electron chi connectivity index (χ1n) is 7.22. The molecular formula is C16H22N2O5S. The molecule has 24 heavy (non-hydrogen) atoms. The average molecular weight is 354 g/mol. The number of methoxy groups -OCH3 is 2. The molecule has 0 aromatic heterocycles. The minimum atomic E-state index is -0.595. The molecule has 0 heterocycles. The number of amides is 1. The van der Waals surface area contributed by atoms with Gasteiger partial charge in [0.05, 0.1) is 36.8 Å². The fraction of sp³-hybridized carbons (Fsp3) is 0.438. The van der Waals surface area contributed by atoms with Crippen molar-refractivity contribution in [2.24, 2.45) is 0 Å². The van der Waals surface area contributed by atoms with Crippen LogP contribution in [0.5, 0.6) is 0 Å². The van der Waals surface area contributed by atoms with Crippen LogP contribution in [0, 0.1) is 0 Å². The van der Waals surface area contributed by atoms with E-state index in [2.05, 4.69) is 10.1 Å². The topological polar surface area (TPSA) is 84.9 Å². The first-order valence-corrected chi connectivity index (χ1v) is 8.37. The Morgan fingerprint density at radius 3 is 2.38 bits per heavy atom. The van der Waals surface area contributed by atoms with Crippen molar-refractivity contribution in [1.29, 1.82) is 0 Å². The molecule has 1 aromatic carbocycles. The molecule has 1 rings (SSSR count). The maximum Gasteiger partial charge on any atom is 0.339 e. The van der Waals surface area contributed by atoms with E-state index in [-0.39, 0.29) is 28.5 Å². The molecule has 1 amide bonds. The number of carbonyl (C=O) groups is 3. The molecule has 0 radical (unpaired) electrons. The van der Waals surface area contributed by atoms with Gasteiger partial charge in [-0.1, -0.05) is 0 Å². The Kier molecular flexibility index (Phi) is 8.28. The molecule has 0 saturated heterocycles. The SMILES string of the molecule is COC(=O)c1ccc(C(=O)OC)c(NC(=O)CSCCN(C)C)c1. The third kappa shape index (κ3) is 6.21. The Bertz CT molecular complexity index is 604. The molecular weight excluding hydrogens is 332 g/mol. The zero-order chi connectivity index (χ0) is 18.1. The molecule has 8 heteroatoms. The number of ether oxygens (including phenoxy) is 2. The van der Waals surface area contributed by atoms with Crippen molar-refractivity contribution in [1.82, 2.24) is 4.90 Å². The first kappa shape index (κ1) is 20.0. The van der Waals surface area contributed by atoms with Gasteiger partial charge in [-0.15, -0.1) is 0 Å². The highest BCUT2D eigenvalue weighted by Gasteiger charge is 2.17. The molecule has 0 saturated carbocycles. The molecule has 0 unspecified atom stereocenters. The highest BCUT2D eigenvalue weighted by Crippen LogP contribution is 2.20. The first-order chi connectivity index (χ1) is 11.4. The highest BCUT2D eigenvalue weighted by molar-refractivity contribution is 7.99. The third-order valence-corrected chi connectivity index (χ3v) is 3.97. The lowest BCUT2D eigenvalue weighted by Gasteiger charge is -2.12. The molecule has 0 aliphatic rings. The molecule has 0 fully saturated rings. The van der Waals surface area contributed by atoms with E-state index in [0.29, 0.717) is 0 Å². The molecule has 0 spiro atoms. The quantitative estimate of drug-likeness (QED) is 0.559.